The molecule has 7 nitrogen and oxygen atoms in total. The number of rotatable bonds is 6. The molecule has 1 unspecified atom stereocenters. The Labute approximate surface area is 190 Å². The van der Waals surface area contributed by atoms with Gasteiger partial charge in [-0.1, -0.05) is 34.1 Å². The van der Waals surface area contributed by atoms with Crippen LogP contribution in [0.15, 0.2) is 53.0 Å². The van der Waals surface area contributed by atoms with Crippen molar-refractivity contribution < 1.29 is 23.8 Å². The third-order valence-electron chi connectivity index (χ3n) is 5.33. The van der Waals surface area contributed by atoms with Gasteiger partial charge in [-0.05, 0) is 36.8 Å². The molecular formula is C23H25BrN2O5. The van der Waals surface area contributed by atoms with Crippen LogP contribution >= 0.6 is 15.9 Å². The molecule has 2 aromatic rings. The molecule has 1 atom stereocenters. The van der Waals surface area contributed by atoms with Crippen LogP contribution in [0.2, 0.25) is 0 Å². The van der Waals surface area contributed by atoms with Gasteiger partial charge in [-0.3, -0.25) is 9.59 Å². The van der Waals surface area contributed by atoms with E-state index in [2.05, 4.69) is 15.9 Å². The molecule has 31 heavy (non-hydrogen) atoms. The van der Waals surface area contributed by atoms with E-state index in [1.807, 2.05) is 47.4 Å². The highest BCUT2D eigenvalue weighted by atomic mass is 79.9. The maximum absolute atomic E-state index is 12.8. The van der Waals surface area contributed by atoms with Gasteiger partial charge in [-0.2, -0.15) is 0 Å². The van der Waals surface area contributed by atoms with Crippen molar-refractivity contribution in [2.75, 3.05) is 39.4 Å². The molecule has 164 valence electrons. The molecule has 2 aromatic carbocycles. The molecule has 4 rings (SSSR count). The first-order valence-electron chi connectivity index (χ1n) is 10.4. The first-order valence-corrected chi connectivity index (χ1v) is 11.2. The fourth-order valence-electron chi connectivity index (χ4n) is 3.65. The third-order valence-corrected chi connectivity index (χ3v) is 5.82. The summed E-state index contributed by atoms with van der Waals surface area (Å²) in [6.07, 6.45) is 0.433. The van der Waals surface area contributed by atoms with Gasteiger partial charge in [-0.15, -0.1) is 0 Å². The van der Waals surface area contributed by atoms with Crippen LogP contribution in [0.1, 0.15) is 12.8 Å². The van der Waals surface area contributed by atoms with E-state index in [0.717, 1.165) is 10.2 Å². The van der Waals surface area contributed by atoms with Gasteiger partial charge >= 0.3 is 0 Å². The molecule has 8 heteroatoms. The second-order valence-corrected chi connectivity index (χ2v) is 8.40. The van der Waals surface area contributed by atoms with Crippen LogP contribution in [0.5, 0.6) is 17.2 Å². The molecule has 0 spiro atoms. The van der Waals surface area contributed by atoms with Gasteiger partial charge in [-0.25, -0.2) is 0 Å². The Balaban J connectivity index is 1.18. The van der Waals surface area contributed by atoms with E-state index in [1.54, 1.807) is 11.0 Å². The zero-order valence-corrected chi connectivity index (χ0v) is 18.8. The Morgan fingerprint density at radius 2 is 1.74 bits per heavy atom. The minimum Gasteiger partial charge on any atom is -0.494 e. The summed E-state index contributed by atoms with van der Waals surface area (Å²) in [5, 5.41) is 0. The zero-order chi connectivity index (χ0) is 21.6. The number of ether oxygens (including phenoxy) is 3. The second-order valence-electron chi connectivity index (χ2n) is 7.48. The Bertz CT molecular complexity index is 930. The van der Waals surface area contributed by atoms with Crippen LogP contribution in [-0.2, 0) is 9.59 Å². The summed E-state index contributed by atoms with van der Waals surface area (Å²) >= 11 is 3.41. The van der Waals surface area contributed by atoms with Crippen molar-refractivity contribution in [3.63, 3.8) is 0 Å². The fourth-order valence-corrected chi connectivity index (χ4v) is 4.03. The van der Waals surface area contributed by atoms with Gasteiger partial charge in [0.05, 0.1) is 6.61 Å². The second kappa shape index (κ2) is 10.0. The number of benzene rings is 2. The van der Waals surface area contributed by atoms with Gasteiger partial charge in [0.2, 0.25) is 12.0 Å². The molecule has 0 aromatic heterocycles. The molecule has 0 saturated carbocycles. The quantitative estimate of drug-likeness (QED) is 0.584. The largest absolute Gasteiger partial charge is 0.494 e. The van der Waals surface area contributed by atoms with Crippen LogP contribution in [0.4, 0.5) is 0 Å². The van der Waals surface area contributed by atoms with Crippen LogP contribution in [-0.4, -0.2) is 67.1 Å². The predicted octanol–water partition coefficient (Wildman–Crippen LogP) is 3.12. The minimum atomic E-state index is -0.646. The number of piperazine rings is 1. The van der Waals surface area contributed by atoms with E-state index in [1.165, 1.54) is 0 Å². The normalized spacial score (nSPS) is 17.9. The van der Waals surface area contributed by atoms with E-state index in [0.29, 0.717) is 57.1 Å². The van der Waals surface area contributed by atoms with E-state index in [-0.39, 0.29) is 18.4 Å². The summed E-state index contributed by atoms with van der Waals surface area (Å²) in [6.45, 7) is 2.75. The number of fused-ring (bicyclic) bond motifs is 1. The summed E-state index contributed by atoms with van der Waals surface area (Å²) in [7, 11) is 0. The van der Waals surface area contributed by atoms with Gasteiger partial charge in [0.25, 0.3) is 5.91 Å². The number of nitrogens with zero attached hydrogens (tertiary/aromatic N) is 2. The fraction of sp³-hybridized carbons (Fsp3) is 0.391. The van der Waals surface area contributed by atoms with E-state index < -0.39 is 6.10 Å². The molecule has 0 N–H and O–H groups in total. The third kappa shape index (κ3) is 5.50. The lowest BCUT2D eigenvalue weighted by Gasteiger charge is -2.37. The number of carbonyl (C=O) groups is 2. The maximum atomic E-state index is 12.8. The Kier molecular flexibility index (Phi) is 6.96. The minimum absolute atomic E-state index is 0.0935. The van der Waals surface area contributed by atoms with Crippen LogP contribution < -0.4 is 14.2 Å². The van der Waals surface area contributed by atoms with Gasteiger partial charge in [0, 0.05) is 37.1 Å². The lowest BCUT2D eigenvalue weighted by atomic mass is 10.2. The maximum Gasteiger partial charge on any atom is 0.267 e. The number of hydrogen-bond acceptors (Lipinski definition) is 5. The van der Waals surface area contributed by atoms with Crippen molar-refractivity contribution in [3.05, 3.63) is 53.0 Å². The SMILES string of the molecule is O=C(CCCOc1cccc(Br)c1)N1CCN(C(=O)C2COc3ccccc3O2)CC1. The van der Waals surface area contributed by atoms with Crippen molar-refractivity contribution >= 4 is 27.7 Å². The molecule has 2 heterocycles. The van der Waals surface area contributed by atoms with Crippen LogP contribution in [0, 0.1) is 0 Å². The van der Waals surface area contributed by atoms with E-state index >= 15 is 0 Å². The van der Waals surface area contributed by atoms with Gasteiger partial charge in [0.1, 0.15) is 12.4 Å². The van der Waals surface area contributed by atoms with Crippen molar-refractivity contribution in [1.82, 2.24) is 9.80 Å². The highest BCUT2D eigenvalue weighted by Crippen LogP contribution is 2.31. The zero-order valence-electron chi connectivity index (χ0n) is 17.2. The average molecular weight is 489 g/mol. The van der Waals surface area contributed by atoms with Crippen molar-refractivity contribution in [3.8, 4) is 17.2 Å². The molecule has 2 aliphatic heterocycles. The van der Waals surface area contributed by atoms with Gasteiger partial charge in [0.15, 0.2) is 11.5 Å². The van der Waals surface area contributed by atoms with Crippen LogP contribution in [0.3, 0.4) is 0 Å². The Morgan fingerprint density at radius 1 is 1.00 bits per heavy atom. The standard InChI is InChI=1S/C23H25BrN2O5/c24-17-5-3-6-18(15-17)29-14-4-9-22(27)25-10-12-26(13-11-25)23(28)21-16-30-19-7-1-2-8-20(19)31-21/h1-3,5-8,15,21H,4,9-14,16H2. The van der Waals surface area contributed by atoms with Gasteiger partial charge < -0.3 is 24.0 Å². The summed E-state index contributed by atoms with van der Waals surface area (Å²) in [4.78, 5) is 28.9. The van der Waals surface area contributed by atoms with E-state index in [9.17, 15) is 9.59 Å². The number of amides is 2. The lowest BCUT2D eigenvalue weighted by Crippen LogP contribution is -2.55. The monoisotopic (exact) mass is 488 g/mol. The van der Waals surface area contributed by atoms with Crippen molar-refractivity contribution in [1.29, 1.82) is 0 Å². The predicted molar refractivity (Wildman–Crippen MR) is 118 cm³/mol. The van der Waals surface area contributed by atoms with Crippen LogP contribution in [0.25, 0.3) is 0 Å². The molecule has 2 aliphatic rings. The topological polar surface area (TPSA) is 68.3 Å². The van der Waals surface area contributed by atoms with E-state index in [4.69, 9.17) is 14.2 Å². The number of hydrogen-bond donors (Lipinski definition) is 0. The molecule has 2 amide bonds. The molecular weight excluding hydrogens is 464 g/mol. The average Bonchev–Trinajstić information content (AvgIpc) is 2.81. The summed E-state index contributed by atoms with van der Waals surface area (Å²) in [5.74, 6) is 2.03. The highest BCUT2D eigenvalue weighted by molar-refractivity contribution is 9.10. The first-order chi connectivity index (χ1) is 15.1. The Hall–Kier alpha value is -2.74. The molecule has 1 fully saturated rings. The molecule has 0 aliphatic carbocycles. The number of halogens is 1. The summed E-state index contributed by atoms with van der Waals surface area (Å²) in [5.41, 5.74) is 0. The molecule has 0 radical (unpaired) electrons. The first kappa shape index (κ1) is 21.5. The van der Waals surface area contributed by atoms with Crippen molar-refractivity contribution in [2.24, 2.45) is 0 Å². The summed E-state index contributed by atoms with van der Waals surface area (Å²) in [6, 6.07) is 15.0. The highest BCUT2D eigenvalue weighted by Gasteiger charge is 2.33. The smallest absolute Gasteiger partial charge is 0.267 e. The molecule has 0 bridgehead atoms. The summed E-state index contributed by atoms with van der Waals surface area (Å²) < 4.78 is 18.1. The molecule has 1 saturated heterocycles. The number of para-hydroxylation sites is 2. The Morgan fingerprint density at radius 3 is 2.52 bits per heavy atom. The lowest BCUT2D eigenvalue weighted by molar-refractivity contribution is -0.146. The van der Waals surface area contributed by atoms with Crippen molar-refractivity contribution in [2.45, 2.75) is 18.9 Å². The number of carbonyl (C=O) groups excluding carboxylic acids is 2.